The minimum atomic E-state index is -0.00514. The first kappa shape index (κ1) is 15.0. The van der Waals surface area contributed by atoms with Crippen LogP contribution in [0.4, 0.5) is 0 Å². The predicted octanol–water partition coefficient (Wildman–Crippen LogP) is 3.59. The first-order valence-electron chi connectivity index (χ1n) is 7.37. The summed E-state index contributed by atoms with van der Waals surface area (Å²) < 4.78 is 6.18. The number of hydrogen-bond donors (Lipinski definition) is 1. The van der Waals surface area contributed by atoms with Gasteiger partial charge in [-0.25, -0.2) is 0 Å². The summed E-state index contributed by atoms with van der Waals surface area (Å²) in [7, 11) is 0. The number of rotatable bonds is 6. The molecule has 1 aliphatic carbocycles. The molecule has 0 aliphatic heterocycles. The topological polar surface area (TPSA) is 35.2 Å². The van der Waals surface area contributed by atoms with Crippen LogP contribution in [0, 0.1) is 17.8 Å². The molecule has 2 heteroatoms. The van der Waals surface area contributed by atoms with E-state index >= 15 is 0 Å². The maximum atomic E-state index is 6.18. The Morgan fingerprint density at radius 2 is 1.82 bits per heavy atom. The molecule has 2 N–H and O–H groups in total. The molecule has 0 spiro atoms. The molecule has 0 heterocycles. The molecule has 0 aromatic heterocycles. The van der Waals surface area contributed by atoms with Crippen LogP contribution in [-0.4, -0.2) is 18.8 Å². The third-order valence-electron chi connectivity index (χ3n) is 4.63. The second-order valence-corrected chi connectivity index (χ2v) is 6.29. The van der Waals surface area contributed by atoms with Crippen LogP contribution in [0.1, 0.15) is 59.8 Å². The molecule has 1 saturated carbocycles. The lowest BCUT2D eigenvalue weighted by Gasteiger charge is -2.41. The highest BCUT2D eigenvalue weighted by molar-refractivity contribution is 4.89. The van der Waals surface area contributed by atoms with E-state index < -0.39 is 0 Å². The molecule has 1 rings (SSSR count). The Morgan fingerprint density at radius 3 is 2.24 bits per heavy atom. The molecule has 0 radical (unpaired) electrons. The molecule has 1 unspecified atom stereocenters. The maximum absolute atomic E-state index is 6.18. The second kappa shape index (κ2) is 6.75. The van der Waals surface area contributed by atoms with Crippen molar-refractivity contribution >= 4 is 0 Å². The molecule has 1 aliphatic rings. The highest BCUT2D eigenvalue weighted by Crippen LogP contribution is 2.37. The van der Waals surface area contributed by atoms with Gasteiger partial charge in [-0.1, -0.05) is 34.1 Å². The van der Waals surface area contributed by atoms with E-state index in [1.807, 2.05) is 0 Å². The van der Waals surface area contributed by atoms with Gasteiger partial charge in [0.25, 0.3) is 0 Å². The molecule has 0 saturated heterocycles. The Hall–Kier alpha value is -0.0800. The summed E-state index contributed by atoms with van der Waals surface area (Å²) in [4.78, 5) is 0. The van der Waals surface area contributed by atoms with Gasteiger partial charge in [0, 0.05) is 13.2 Å². The van der Waals surface area contributed by atoms with E-state index in [4.69, 9.17) is 10.5 Å². The molecule has 1 atom stereocenters. The van der Waals surface area contributed by atoms with Crippen LogP contribution in [0.2, 0.25) is 0 Å². The highest BCUT2D eigenvalue weighted by atomic mass is 16.5. The summed E-state index contributed by atoms with van der Waals surface area (Å²) in [6.45, 7) is 10.7. The molecule has 0 aromatic carbocycles. The van der Waals surface area contributed by atoms with E-state index in [1.54, 1.807) is 0 Å². The van der Waals surface area contributed by atoms with E-state index in [0.717, 1.165) is 31.3 Å². The number of hydrogen-bond acceptors (Lipinski definition) is 2. The highest BCUT2D eigenvalue weighted by Gasteiger charge is 2.35. The van der Waals surface area contributed by atoms with Crippen molar-refractivity contribution in [1.29, 1.82) is 0 Å². The zero-order chi connectivity index (χ0) is 12.9. The molecule has 1 fully saturated rings. The van der Waals surface area contributed by atoms with E-state index in [1.165, 1.54) is 19.3 Å². The summed E-state index contributed by atoms with van der Waals surface area (Å²) in [5.74, 6) is 2.34. The van der Waals surface area contributed by atoms with E-state index in [2.05, 4.69) is 27.7 Å². The molecule has 17 heavy (non-hydrogen) atoms. The molecule has 0 bridgehead atoms. The van der Waals surface area contributed by atoms with Crippen LogP contribution in [0.5, 0.6) is 0 Å². The Kier molecular flexibility index (Phi) is 5.94. The minimum absolute atomic E-state index is 0.00514. The van der Waals surface area contributed by atoms with Gasteiger partial charge in [-0.3, -0.25) is 0 Å². The van der Waals surface area contributed by atoms with Gasteiger partial charge in [-0.05, 0) is 43.4 Å². The Bertz CT molecular complexity index is 207. The zero-order valence-corrected chi connectivity index (χ0v) is 12.2. The van der Waals surface area contributed by atoms with Crippen molar-refractivity contribution in [1.82, 2.24) is 0 Å². The SMILES string of the molecule is CCC(C)COC1(CN)CCC(C(C)C)CC1. The van der Waals surface area contributed by atoms with Gasteiger partial charge >= 0.3 is 0 Å². The fraction of sp³-hybridized carbons (Fsp3) is 1.00. The lowest BCUT2D eigenvalue weighted by Crippen LogP contribution is -2.45. The van der Waals surface area contributed by atoms with Crippen LogP contribution < -0.4 is 5.73 Å². The van der Waals surface area contributed by atoms with Crippen molar-refractivity contribution in [3.8, 4) is 0 Å². The molecular formula is C15H31NO. The lowest BCUT2D eigenvalue weighted by molar-refractivity contribution is -0.0854. The minimum Gasteiger partial charge on any atom is -0.373 e. The average Bonchev–Trinajstić information content (AvgIpc) is 2.36. The first-order valence-corrected chi connectivity index (χ1v) is 7.37. The van der Waals surface area contributed by atoms with Gasteiger partial charge in [-0.15, -0.1) is 0 Å². The van der Waals surface area contributed by atoms with Crippen molar-refractivity contribution < 1.29 is 4.74 Å². The summed E-state index contributed by atoms with van der Waals surface area (Å²) in [6, 6.07) is 0. The third kappa shape index (κ3) is 4.26. The van der Waals surface area contributed by atoms with E-state index in [-0.39, 0.29) is 5.60 Å². The van der Waals surface area contributed by atoms with Gasteiger partial charge in [0.2, 0.25) is 0 Å². The third-order valence-corrected chi connectivity index (χ3v) is 4.63. The van der Waals surface area contributed by atoms with Gasteiger partial charge < -0.3 is 10.5 Å². The largest absolute Gasteiger partial charge is 0.373 e. The Morgan fingerprint density at radius 1 is 1.24 bits per heavy atom. The van der Waals surface area contributed by atoms with Gasteiger partial charge in [0.1, 0.15) is 0 Å². The summed E-state index contributed by atoms with van der Waals surface area (Å²) in [5, 5.41) is 0. The lowest BCUT2D eigenvalue weighted by atomic mass is 9.74. The summed E-state index contributed by atoms with van der Waals surface area (Å²) in [6.07, 6.45) is 6.07. The Balaban J connectivity index is 2.43. The monoisotopic (exact) mass is 241 g/mol. The average molecular weight is 241 g/mol. The van der Waals surface area contributed by atoms with E-state index in [9.17, 15) is 0 Å². The standard InChI is InChI=1S/C15H31NO/c1-5-13(4)10-17-15(11-16)8-6-14(7-9-15)12(2)3/h12-14H,5-11,16H2,1-4H3. The van der Waals surface area contributed by atoms with Crippen molar-refractivity contribution in [3.05, 3.63) is 0 Å². The zero-order valence-electron chi connectivity index (χ0n) is 12.2. The predicted molar refractivity (Wildman–Crippen MR) is 74.0 cm³/mol. The van der Waals surface area contributed by atoms with Crippen molar-refractivity contribution in [2.75, 3.05) is 13.2 Å². The fourth-order valence-electron chi connectivity index (χ4n) is 2.68. The van der Waals surface area contributed by atoms with Crippen molar-refractivity contribution in [2.45, 2.75) is 65.4 Å². The van der Waals surface area contributed by atoms with E-state index in [0.29, 0.717) is 12.5 Å². The van der Waals surface area contributed by atoms with Gasteiger partial charge in [0.05, 0.1) is 5.60 Å². The molecule has 0 aromatic rings. The number of ether oxygens (including phenoxy) is 1. The van der Waals surface area contributed by atoms with Gasteiger partial charge in [-0.2, -0.15) is 0 Å². The quantitative estimate of drug-likeness (QED) is 0.771. The molecule has 102 valence electrons. The summed E-state index contributed by atoms with van der Waals surface area (Å²) >= 11 is 0. The van der Waals surface area contributed by atoms with Crippen LogP contribution in [0.15, 0.2) is 0 Å². The number of nitrogens with two attached hydrogens (primary N) is 1. The first-order chi connectivity index (χ1) is 8.03. The smallest absolute Gasteiger partial charge is 0.0804 e. The van der Waals surface area contributed by atoms with Crippen LogP contribution in [0.3, 0.4) is 0 Å². The van der Waals surface area contributed by atoms with Crippen LogP contribution in [0.25, 0.3) is 0 Å². The Labute approximate surface area is 107 Å². The fourth-order valence-corrected chi connectivity index (χ4v) is 2.68. The summed E-state index contributed by atoms with van der Waals surface area (Å²) in [5.41, 5.74) is 5.96. The molecular weight excluding hydrogens is 210 g/mol. The van der Waals surface area contributed by atoms with Crippen molar-refractivity contribution in [3.63, 3.8) is 0 Å². The maximum Gasteiger partial charge on any atom is 0.0804 e. The normalized spacial score (nSPS) is 31.8. The van der Waals surface area contributed by atoms with Gasteiger partial charge in [0.15, 0.2) is 0 Å². The van der Waals surface area contributed by atoms with Crippen LogP contribution >= 0.6 is 0 Å². The van der Waals surface area contributed by atoms with Crippen LogP contribution in [-0.2, 0) is 4.74 Å². The molecule has 0 amide bonds. The second-order valence-electron chi connectivity index (χ2n) is 6.29. The molecule has 2 nitrogen and oxygen atoms in total. The van der Waals surface area contributed by atoms with Crippen molar-refractivity contribution in [2.24, 2.45) is 23.5 Å².